The number of pyridine rings is 1. The molecule has 35 heavy (non-hydrogen) atoms. The summed E-state index contributed by atoms with van der Waals surface area (Å²) in [6, 6.07) is 29.4. The van der Waals surface area contributed by atoms with Gasteiger partial charge in [0.25, 0.3) is 0 Å². The van der Waals surface area contributed by atoms with E-state index >= 15 is 0 Å². The molecule has 7 nitrogen and oxygen atoms in total. The highest BCUT2D eigenvalue weighted by Gasteiger charge is 2.19. The van der Waals surface area contributed by atoms with Crippen molar-refractivity contribution in [2.75, 3.05) is 5.73 Å². The average Bonchev–Trinajstić information content (AvgIpc) is 3.26. The number of halogens is 1. The molecule has 3 heterocycles. The number of benzene rings is 3. The van der Waals surface area contributed by atoms with Gasteiger partial charge < -0.3 is 5.73 Å². The van der Waals surface area contributed by atoms with Crippen molar-refractivity contribution < 1.29 is 0 Å². The minimum atomic E-state index is -0.440. The number of anilines is 1. The highest BCUT2D eigenvalue weighted by Crippen LogP contribution is 2.32. The van der Waals surface area contributed by atoms with Gasteiger partial charge in [-0.2, -0.15) is 10.1 Å². The second-order valence-corrected chi connectivity index (χ2v) is 9.10. The van der Waals surface area contributed by atoms with Crippen LogP contribution in [-0.2, 0) is 6.54 Å². The summed E-state index contributed by atoms with van der Waals surface area (Å²) in [6.45, 7) is 0.329. The summed E-state index contributed by atoms with van der Waals surface area (Å²) in [5.41, 5.74) is 10.5. The number of rotatable bonds is 4. The molecule has 0 aliphatic carbocycles. The van der Waals surface area contributed by atoms with Gasteiger partial charge in [0.1, 0.15) is 11.5 Å². The highest BCUT2D eigenvalue weighted by molar-refractivity contribution is 9.10. The van der Waals surface area contributed by atoms with Gasteiger partial charge >= 0.3 is 5.69 Å². The summed E-state index contributed by atoms with van der Waals surface area (Å²) in [7, 11) is 0. The van der Waals surface area contributed by atoms with Gasteiger partial charge in [0.05, 0.1) is 17.6 Å². The molecule has 170 valence electrons. The molecule has 0 bridgehead atoms. The van der Waals surface area contributed by atoms with E-state index in [0.717, 1.165) is 32.4 Å². The monoisotopic (exact) mass is 522 g/mol. The van der Waals surface area contributed by atoms with Crippen molar-refractivity contribution in [3.05, 3.63) is 112 Å². The van der Waals surface area contributed by atoms with Crippen LogP contribution in [0.3, 0.4) is 0 Å². The maximum Gasteiger partial charge on any atom is 0.351 e. The third-order valence-corrected chi connectivity index (χ3v) is 6.47. The Hall–Kier alpha value is -4.30. The summed E-state index contributed by atoms with van der Waals surface area (Å²) >= 11 is 3.50. The summed E-state index contributed by atoms with van der Waals surface area (Å²) < 4.78 is 4.24. The fourth-order valence-corrected chi connectivity index (χ4v) is 4.46. The Morgan fingerprint density at radius 2 is 1.51 bits per heavy atom. The van der Waals surface area contributed by atoms with Gasteiger partial charge in [0, 0.05) is 15.4 Å². The normalized spacial score (nSPS) is 11.3. The van der Waals surface area contributed by atoms with Gasteiger partial charge in [-0.25, -0.2) is 14.5 Å². The molecule has 0 saturated heterocycles. The summed E-state index contributed by atoms with van der Waals surface area (Å²) in [5.74, 6) is 0.326. The number of aromatic nitrogens is 5. The van der Waals surface area contributed by atoms with Crippen molar-refractivity contribution in [2.45, 2.75) is 6.54 Å². The SMILES string of the molecule is Nc1c2cc3c(-c4ccc(Br)cc4)nn(-c4ccccc4)c3nc2nc(=O)n1Cc1ccccc1. The number of nitrogens with two attached hydrogens (primary N) is 1. The van der Waals surface area contributed by atoms with Crippen LogP contribution >= 0.6 is 15.9 Å². The Morgan fingerprint density at radius 1 is 0.829 bits per heavy atom. The number of nitrogen functional groups attached to an aromatic ring is 1. The Morgan fingerprint density at radius 3 is 2.23 bits per heavy atom. The Bertz CT molecular complexity index is 1740. The second-order valence-electron chi connectivity index (χ2n) is 8.18. The molecule has 6 rings (SSSR count). The van der Waals surface area contributed by atoms with Crippen LogP contribution in [0, 0.1) is 0 Å². The van der Waals surface area contributed by atoms with E-state index in [4.69, 9.17) is 15.8 Å². The lowest BCUT2D eigenvalue weighted by atomic mass is 10.1. The molecular weight excluding hydrogens is 504 g/mol. The van der Waals surface area contributed by atoms with E-state index in [0.29, 0.717) is 29.0 Å². The Kier molecular flexibility index (Phi) is 5.15. The lowest BCUT2D eigenvalue weighted by Gasteiger charge is -2.11. The van der Waals surface area contributed by atoms with Gasteiger partial charge in [-0.3, -0.25) is 4.57 Å². The summed E-state index contributed by atoms with van der Waals surface area (Å²) in [6.07, 6.45) is 0. The number of hydrogen-bond acceptors (Lipinski definition) is 5. The van der Waals surface area contributed by atoms with Gasteiger partial charge in [-0.05, 0) is 35.9 Å². The van der Waals surface area contributed by atoms with Gasteiger partial charge in [-0.1, -0.05) is 76.6 Å². The number of hydrogen-bond donors (Lipinski definition) is 1. The molecule has 0 saturated carbocycles. The molecule has 3 aromatic heterocycles. The largest absolute Gasteiger partial charge is 0.384 e. The molecule has 0 aliphatic heterocycles. The average molecular weight is 523 g/mol. The lowest BCUT2D eigenvalue weighted by Crippen LogP contribution is -2.26. The van der Waals surface area contributed by atoms with E-state index < -0.39 is 5.69 Å². The zero-order valence-corrected chi connectivity index (χ0v) is 20.1. The first kappa shape index (κ1) is 21.2. The maximum atomic E-state index is 12.9. The molecule has 8 heteroatoms. The van der Waals surface area contributed by atoms with Crippen LogP contribution in [0.25, 0.3) is 39.0 Å². The molecule has 0 spiro atoms. The molecule has 0 fully saturated rings. The van der Waals surface area contributed by atoms with E-state index in [-0.39, 0.29) is 0 Å². The van der Waals surface area contributed by atoms with E-state index in [9.17, 15) is 4.79 Å². The van der Waals surface area contributed by atoms with Crippen molar-refractivity contribution >= 4 is 43.8 Å². The van der Waals surface area contributed by atoms with Crippen LogP contribution in [0.5, 0.6) is 0 Å². The van der Waals surface area contributed by atoms with Gasteiger partial charge in [0.15, 0.2) is 11.3 Å². The first-order valence-electron chi connectivity index (χ1n) is 11.0. The predicted octanol–water partition coefficient (Wildman–Crippen LogP) is 5.19. The number of para-hydroxylation sites is 1. The molecule has 0 aliphatic rings. The van der Waals surface area contributed by atoms with Gasteiger partial charge in [-0.15, -0.1) is 0 Å². The van der Waals surface area contributed by atoms with Crippen LogP contribution in [-0.4, -0.2) is 24.3 Å². The first-order valence-corrected chi connectivity index (χ1v) is 11.8. The van der Waals surface area contributed by atoms with E-state index in [2.05, 4.69) is 20.9 Å². The van der Waals surface area contributed by atoms with Crippen molar-refractivity contribution in [1.29, 1.82) is 0 Å². The summed E-state index contributed by atoms with van der Waals surface area (Å²) in [5, 5.41) is 6.34. The maximum absolute atomic E-state index is 12.9. The molecule has 0 radical (unpaired) electrons. The quantitative estimate of drug-likeness (QED) is 0.344. The van der Waals surface area contributed by atoms with Crippen LogP contribution < -0.4 is 11.4 Å². The zero-order chi connectivity index (χ0) is 23.9. The van der Waals surface area contributed by atoms with E-state index in [1.165, 1.54) is 4.57 Å². The fourth-order valence-electron chi connectivity index (χ4n) is 4.19. The van der Waals surface area contributed by atoms with Gasteiger partial charge in [0.2, 0.25) is 0 Å². The second kappa shape index (κ2) is 8.48. The van der Waals surface area contributed by atoms with Crippen LogP contribution in [0.15, 0.2) is 100 Å². The molecule has 3 aromatic carbocycles. The van der Waals surface area contributed by atoms with Crippen molar-refractivity contribution in [3.63, 3.8) is 0 Å². The minimum Gasteiger partial charge on any atom is -0.384 e. The Labute approximate surface area is 208 Å². The standard InChI is InChI=1S/C27H19BrN6O/c28-19-13-11-18(12-14-19)23-21-15-22-24(29)33(16-17-7-3-1-4-8-17)27(35)31-25(22)30-26(21)34(32-23)20-9-5-2-6-10-20/h1-15H,16,29H2. The van der Waals surface area contributed by atoms with E-state index in [1.54, 1.807) is 4.68 Å². The lowest BCUT2D eigenvalue weighted by molar-refractivity contribution is 0.748. The van der Waals surface area contributed by atoms with E-state index in [1.807, 2.05) is 91.0 Å². The molecular formula is C27H19BrN6O. The van der Waals surface area contributed by atoms with Crippen LogP contribution in [0.2, 0.25) is 0 Å². The third-order valence-electron chi connectivity index (χ3n) is 5.94. The minimum absolute atomic E-state index is 0.295. The highest BCUT2D eigenvalue weighted by atomic mass is 79.9. The fraction of sp³-hybridized carbons (Fsp3) is 0.0370. The molecule has 0 atom stereocenters. The molecule has 2 N–H and O–H groups in total. The predicted molar refractivity (Wildman–Crippen MR) is 142 cm³/mol. The van der Waals surface area contributed by atoms with Crippen molar-refractivity contribution in [1.82, 2.24) is 24.3 Å². The smallest absolute Gasteiger partial charge is 0.351 e. The first-order chi connectivity index (χ1) is 17.1. The third kappa shape index (κ3) is 3.77. The van der Waals surface area contributed by atoms with Crippen LogP contribution in [0.4, 0.5) is 5.82 Å². The van der Waals surface area contributed by atoms with Crippen molar-refractivity contribution in [2.24, 2.45) is 0 Å². The summed E-state index contributed by atoms with van der Waals surface area (Å²) in [4.78, 5) is 22.0. The van der Waals surface area contributed by atoms with Crippen molar-refractivity contribution in [3.8, 4) is 16.9 Å². The molecule has 6 aromatic rings. The zero-order valence-electron chi connectivity index (χ0n) is 18.5. The Balaban J connectivity index is 1.63. The topological polar surface area (TPSA) is 91.6 Å². The molecule has 0 amide bonds. The number of fused-ring (bicyclic) bond motifs is 2. The van der Waals surface area contributed by atoms with Crippen LogP contribution in [0.1, 0.15) is 5.56 Å². The number of nitrogens with zero attached hydrogens (tertiary/aromatic N) is 5. The molecule has 0 unspecified atom stereocenters.